The Morgan fingerprint density at radius 3 is 2.31 bits per heavy atom. The van der Waals surface area contributed by atoms with Gasteiger partial charge in [0.15, 0.2) is 0 Å². The summed E-state index contributed by atoms with van der Waals surface area (Å²) in [6.07, 6.45) is 17.6. The maximum Gasteiger partial charge on any atom is -0.0207 e. The molecule has 0 aromatic rings. The van der Waals surface area contributed by atoms with E-state index in [-0.39, 0.29) is 0 Å². The smallest absolute Gasteiger partial charge is 0.0207 e. The van der Waals surface area contributed by atoms with Crippen molar-refractivity contribution in [2.75, 3.05) is 0 Å². The lowest BCUT2D eigenvalue weighted by atomic mass is 9.79. The van der Waals surface area contributed by atoms with Crippen molar-refractivity contribution < 1.29 is 0 Å². The lowest BCUT2D eigenvalue weighted by Crippen LogP contribution is -2.13. The van der Waals surface area contributed by atoms with Crippen molar-refractivity contribution >= 4 is 0 Å². The Morgan fingerprint density at radius 2 is 1.69 bits per heavy atom. The number of allylic oxidation sites excluding steroid dienone is 2. The molecule has 0 amide bonds. The van der Waals surface area contributed by atoms with Gasteiger partial charge in [-0.05, 0) is 43.9 Å². The van der Waals surface area contributed by atoms with Gasteiger partial charge in [0.2, 0.25) is 0 Å². The number of rotatable bonds is 1. The van der Waals surface area contributed by atoms with Crippen LogP contribution < -0.4 is 0 Å². The van der Waals surface area contributed by atoms with Gasteiger partial charge in [0.25, 0.3) is 0 Å². The molecule has 2 rings (SSSR count). The first-order valence-electron chi connectivity index (χ1n) is 5.96. The molecule has 0 aromatic carbocycles. The maximum atomic E-state index is 2.39. The molecular weight excluding hydrogens is 156 g/mol. The summed E-state index contributed by atoms with van der Waals surface area (Å²) in [5.41, 5.74) is 0. The Balaban J connectivity index is 1.86. The summed E-state index contributed by atoms with van der Waals surface area (Å²) >= 11 is 0. The summed E-state index contributed by atoms with van der Waals surface area (Å²) in [5.74, 6) is 2.87. The van der Waals surface area contributed by atoms with Crippen molar-refractivity contribution in [1.29, 1.82) is 0 Å². The number of hydrogen-bond donors (Lipinski definition) is 0. The Morgan fingerprint density at radius 1 is 0.923 bits per heavy atom. The van der Waals surface area contributed by atoms with Crippen LogP contribution in [0.3, 0.4) is 0 Å². The molecule has 0 heterocycles. The van der Waals surface area contributed by atoms with E-state index in [9.17, 15) is 0 Å². The summed E-state index contributed by atoms with van der Waals surface area (Å²) in [4.78, 5) is 0. The second-order valence-electron chi connectivity index (χ2n) is 4.55. The molecule has 0 spiro atoms. The average Bonchev–Trinajstić information content (AvgIpc) is 2.47. The Bertz CT molecular complexity index is 161. The zero-order chi connectivity index (χ0) is 8.93. The summed E-state index contributed by atoms with van der Waals surface area (Å²) in [5, 5.41) is 0. The van der Waals surface area contributed by atoms with E-state index in [4.69, 9.17) is 0 Å². The highest BCUT2D eigenvalue weighted by atomic mass is 14.3. The van der Waals surface area contributed by atoms with Crippen LogP contribution in [0.2, 0.25) is 0 Å². The quantitative estimate of drug-likeness (QED) is 0.414. The summed E-state index contributed by atoms with van der Waals surface area (Å²) < 4.78 is 0. The lowest BCUT2D eigenvalue weighted by molar-refractivity contribution is 0.445. The van der Waals surface area contributed by atoms with Gasteiger partial charge >= 0.3 is 0 Å². The zero-order valence-corrected chi connectivity index (χ0v) is 8.60. The topological polar surface area (TPSA) is 0 Å². The molecule has 2 aliphatic carbocycles. The molecule has 0 bridgehead atoms. The van der Waals surface area contributed by atoms with Crippen LogP contribution in [0.25, 0.3) is 0 Å². The van der Waals surface area contributed by atoms with Crippen LogP contribution in [0, 0.1) is 11.8 Å². The average molecular weight is 177 g/mol. The van der Waals surface area contributed by atoms with Gasteiger partial charge in [0.1, 0.15) is 0 Å². The van der Waals surface area contributed by atoms with E-state index in [1.54, 1.807) is 0 Å². The summed E-state index contributed by atoms with van der Waals surface area (Å²) in [6.45, 7) is 0. The normalized spacial score (nSPS) is 31.5. The predicted molar refractivity (Wildman–Crippen MR) is 57.4 cm³/mol. The molecule has 73 valence electrons. The minimum atomic E-state index is 0.961. The third kappa shape index (κ3) is 2.59. The minimum Gasteiger partial charge on any atom is -0.0885 e. The van der Waals surface area contributed by atoms with Gasteiger partial charge in [0.05, 0.1) is 0 Å². The molecule has 1 unspecified atom stereocenters. The first kappa shape index (κ1) is 9.30. The van der Waals surface area contributed by atoms with E-state index in [2.05, 4.69) is 12.2 Å². The summed E-state index contributed by atoms with van der Waals surface area (Å²) in [7, 11) is 0. The molecule has 1 fully saturated rings. The second-order valence-corrected chi connectivity index (χ2v) is 4.55. The van der Waals surface area contributed by atoms with Gasteiger partial charge in [-0.1, -0.05) is 37.8 Å². The van der Waals surface area contributed by atoms with Gasteiger partial charge < -0.3 is 0 Å². The number of hydrogen-bond acceptors (Lipinski definition) is 0. The van der Waals surface area contributed by atoms with Crippen molar-refractivity contribution in [2.45, 2.75) is 57.8 Å². The van der Waals surface area contributed by atoms with Gasteiger partial charge in [-0.2, -0.15) is 0 Å². The van der Waals surface area contributed by atoms with Crippen molar-refractivity contribution in [2.24, 2.45) is 5.92 Å². The fourth-order valence-electron chi connectivity index (χ4n) is 2.76. The van der Waals surface area contributed by atoms with Crippen LogP contribution in [0.1, 0.15) is 57.8 Å². The fraction of sp³-hybridized carbons (Fsp3) is 0.769. The summed E-state index contributed by atoms with van der Waals surface area (Å²) in [6, 6.07) is 0. The van der Waals surface area contributed by atoms with E-state index in [1.165, 1.54) is 57.8 Å². The molecule has 1 atom stereocenters. The Kier molecular flexibility index (Phi) is 3.46. The van der Waals surface area contributed by atoms with Gasteiger partial charge in [-0.3, -0.25) is 0 Å². The highest BCUT2D eigenvalue weighted by Crippen LogP contribution is 2.36. The van der Waals surface area contributed by atoms with Crippen LogP contribution in [-0.2, 0) is 0 Å². The van der Waals surface area contributed by atoms with E-state index in [1.807, 2.05) is 5.92 Å². The maximum absolute atomic E-state index is 2.39. The molecular formula is C13H21. The molecule has 13 heavy (non-hydrogen) atoms. The van der Waals surface area contributed by atoms with Crippen molar-refractivity contribution in [3.63, 3.8) is 0 Å². The lowest BCUT2D eigenvalue weighted by Gasteiger charge is -2.26. The first-order valence-corrected chi connectivity index (χ1v) is 5.96. The van der Waals surface area contributed by atoms with Crippen LogP contribution in [0.4, 0.5) is 0 Å². The van der Waals surface area contributed by atoms with Crippen molar-refractivity contribution in [3.05, 3.63) is 18.1 Å². The van der Waals surface area contributed by atoms with Crippen molar-refractivity contribution in [1.82, 2.24) is 0 Å². The largest absolute Gasteiger partial charge is 0.0885 e. The minimum absolute atomic E-state index is 0.961. The van der Waals surface area contributed by atoms with Gasteiger partial charge in [-0.25, -0.2) is 0 Å². The van der Waals surface area contributed by atoms with Crippen LogP contribution in [-0.4, -0.2) is 0 Å². The molecule has 0 saturated heterocycles. The SMILES string of the molecule is C1=CCC([C]2CCCCCC2)CC1. The molecule has 2 aliphatic rings. The van der Waals surface area contributed by atoms with E-state index in [0.717, 1.165) is 5.92 Å². The van der Waals surface area contributed by atoms with E-state index >= 15 is 0 Å². The van der Waals surface area contributed by atoms with Crippen LogP contribution in [0.15, 0.2) is 12.2 Å². The highest BCUT2D eigenvalue weighted by molar-refractivity contribution is 5.04. The Hall–Kier alpha value is -0.260. The zero-order valence-electron chi connectivity index (χ0n) is 8.60. The van der Waals surface area contributed by atoms with E-state index in [0.29, 0.717) is 0 Å². The Labute approximate surface area is 82.4 Å². The molecule has 0 N–H and O–H groups in total. The first-order chi connectivity index (χ1) is 6.47. The second kappa shape index (κ2) is 4.83. The van der Waals surface area contributed by atoms with E-state index < -0.39 is 0 Å². The van der Waals surface area contributed by atoms with Gasteiger partial charge in [-0.15, -0.1) is 0 Å². The van der Waals surface area contributed by atoms with Crippen LogP contribution >= 0.6 is 0 Å². The molecule has 0 aliphatic heterocycles. The molecule has 0 aromatic heterocycles. The highest BCUT2D eigenvalue weighted by Gasteiger charge is 2.22. The van der Waals surface area contributed by atoms with Crippen LogP contribution in [0.5, 0.6) is 0 Å². The molecule has 1 saturated carbocycles. The fourth-order valence-corrected chi connectivity index (χ4v) is 2.76. The molecule has 0 nitrogen and oxygen atoms in total. The molecule has 0 heteroatoms. The van der Waals surface area contributed by atoms with Gasteiger partial charge in [0, 0.05) is 0 Å². The third-order valence-corrected chi connectivity index (χ3v) is 3.59. The molecule has 1 radical (unpaired) electrons. The van der Waals surface area contributed by atoms with Crippen molar-refractivity contribution in [3.8, 4) is 0 Å². The predicted octanol–water partition coefficient (Wildman–Crippen LogP) is 4.27. The monoisotopic (exact) mass is 177 g/mol. The third-order valence-electron chi connectivity index (χ3n) is 3.59. The standard InChI is InChI=1S/C13H21/c1-2-5-9-12(8-4-1)13-10-6-3-7-11-13/h3,6,13H,1-2,4-5,7-11H2.